The summed E-state index contributed by atoms with van der Waals surface area (Å²) in [6.45, 7) is 3.06. The topological polar surface area (TPSA) is 50.8 Å². The molecule has 0 heterocycles. The van der Waals surface area contributed by atoms with E-state index >= 15 is 0 Å². The molecule has 0 spiro atoms. The number of amides is 1. The van der Waals surface area contributed by atoms with Crippen molar-refractivity contribution < 1.29 is 14.3 Å². The molecular weight excluding hydrogens is 292 g/mol. The number of benzene rings is 1. The lowest BCUT2D eigenvalue weighted by molar-refractivity contribution is -0.132. The van der Waals surface area contributed by atoms with Crippen molar-refractivity contribution in [3.63, 3.8) is 0 Å². The normalized spacial score (nSPS) is 16.9. The third-order valence-electron chi connectivity index (χ3n) is 4.24. The zero-order valence-electron chi connectivity index (χ0n) is 14.5. The van der Waals surface area contributed by atoms with Crippen LogP contribution in [0, 0.1) is 5.92 Å². The molecule has 1 amide bonds. The number of likely N-dealkylation sites (N-methyl/N-ethyl adjacent to an activating group) is 1. The van der Waals surface area contributed by atoms with Crippen LogP contribution < -0.4 is 10.1 Å². The van der Waals surface area contributed by atoms with Crippen molar-refractivity contribution in [3.05, 3.63) is 29.8 Å². The maximum Gasteiger partial charge on any atom is 0.248 e. The van der Waals surface area contributed by atoms with Crippen LogP contribution in [0.2, 0.25) is 0 Å². The highest BCUT2D eigenvalue weighted by molar-refractivity contribution is 5.80. The lowest BCUT2D eigenvalue weighted by Crippen LogP contribution is -2.40. The molecule has 128 valence electrons. The van der Waals surface area contributed by atoms with E-state index in [-0.39, 0.29) is 11.9 Å². The van der Waals surface area contributed by atoms with Gasteiger partial charge in [-0.05, 0) is 57.5 Å². The van der Waals surface area contributed by atoms with Gasteiger partial charge in [-0.25, -0.2) is 0 Å². The molecular formula is C18H28N2O3. The Morgan fingerprint density at radius 1 is 1.30 bits per heavy atom. The monoisotopic (exact) mass is 320 g/mol. The van der Waals surface area contributed by atoms with Gasteiger partial charge in [0.1, 0.15) is 11.9 Å². The molecule has 1 fully saturated rings. The Labute approximate surface area is 139 Å². The molecule has 1 N–H and O–H groups in total. The summed E-state index contributed by atoms with van der Waals surface area (Å²) < 4.78 is 10.8. The zero-order chi connectivity index (χ0) is 16.8. The Hall–Kier alpha value is -1.59. The van der Waals surface area contributed by atoms with Gasteiger partial charge in [-0.2, -0.15) is 0 Å². The third-order valence-corrected chi connectivity index (χ3v) is 4.24. The van der Waals surface area contributed by atoms with Crippen molar-refractivity contribution in [2.24, 2.45) is 5.92 Å². The fourth-order valence-corrected chi connectivity index (χ4v) is 2.41. The third kappa shape index (κ3) is 5.52. The fraction of sp³-hybridized carbons (Fsp3) is 0.611. The van der Waals surface area contributed by atoms with Gasteiger partial charge in [-0.1, -0.05) is 12.1 Å². The van der Waals surface area contributed by atoms with Crippen LogP contribution in [-0.2, 0) is 9.53 Å². The van der Waals surface area contributed by atoms with Crippen molar-refractivity contribution in [1.29, 1.82) is 0 Å². The highest BCUT2D eigenvalue weighted by Gasteiger charge is 2.24. The number of rotatable bonds is 9. The maximum absolute atomic E-state index is 12.2. The van der Waals surface area contributed by atoms with Gasteiger partial charge in [-0.3, -0.25) is 4.79 Å². The molecule has 1 saturated carbocycles. The van der Waals surface area contributed by atoms with Gasteiger partial charge < -0.3 is 19.7 Å². The quantitative estimate of drug-likeness (QED) is 0.758. The van der Waals surface area contributed by atoms with Crippen molar-refractivity contribution in [2.45, 2.75) is 31.9 Å². The molecule has 1 aromatic rings. The maximum atomic E-state index is 12.2. The first-order chi connectivity index (χ1) is 11.0. The Bertz CT molecular complexity index is 497. The molecule has 0 aliphatic heterocycles. The second-order valence-electron chi connectivity index (χ2n) is 6.42. The van der Waals surface area contributed by atoms with Gasteiger partial charge in [0.05, 0.1) is 19.8 Å². The number of carbonyl (C=O) groups excluding carboxylic acids is 1. The molecule has 0 bridgehead atoms. The number of hydrogen-bond donors (Lipinski definition) is 1. The Balaban J connectivity index is 1.86. The van der Waals surface area contributed by atoms with Gasteiger partial charge in [0.25, 0.3) is 0 Å². The van der Waals surface area contributed by atoms with E-state index in [9.17, 15) is 4.79 Å². The summed E-state index contributed by atoms with van der Waals surface area (Å²) in [7, 11) is 5.67. The lowest BCUT2D eigenvalue weighted by atomic mass is 10.1. The predicted molar refractivity (Wildman–Crippen MR) is 90.6 cm³/mol. The van der Waals surface area contributed by atoms with E-state index in [1.54, 1.807) is 7.11 Å². The van der Waals surface area contributed by atoms with Gasteiger partial charge in [0, 0.05) is 6.54 Å². The minimum Gasteiger partial charge on any atom is -0.497 e. The van der Waals surface area contributed by atoms with E-state index in [2.05, 4.69) is 10.2 Å². The smallest absolute Gasteiger partial charge is 0.248 e. The summed E-state index contributed by atoms with van der Waals surface area (Å²) >= 11 is 0. The Kier molecular flexibility index (Phi) is 6.42. The number of carbonyl (C=O) groups is 1. The molecule has 5 heteroatoms. The zero-order valence-corrected chi connectivity index (χ0v) is 14.5. The van der Waals surface area contributed by atoms with Gasteiger partial charge in [-0.15, -0.1) is 0 Å². The summed E-state index contributed by atoms with van der Waals surface area (Å²) in [6, 6.07) is 8.05. The largest absolute Gasteiger partial charge is 0.497 e. The second-order valence-corrected chi connectivity index (χ2v) is 6.42. The Morgan fingerprint density at radius 2 is 1.96 bits per heavy atom. The Morgan fingerprint density at radius 3 is 2.48 bits per heavy atom. The van der Waals surface area contributed by atoms with Crippen LogP contribution in [0.1, 0.15) is 31.4 Å². The number of hydrogen-bond acceptors (Lipinski definition) is 4. The summed E-state index contributed by atoms with van der Waals surface area (Å²) in [5, 5.41) is 3.00. The molecule has 1 aromatic carbocycles. The second kappa shape index (κ2) is 8.31. The fourth-order valence-electron chi connectivity index (χ4n) is 2.41. The first kappa shape index (κ1) is 17.8. The minimum absolute atomic E-state index is 0.0500. The first-order valence-corrected chi connectivity index (χ1v) is 8.21. The summed E-state index contributed by atoms with van der Waals surface area (Å²) in [4.78, 5) is 14.3. The molecule has 2 rings (SSSR count). The number of nitrogens with zero attached hydrogens (tertiary/aromatic N) is 1. The van der Waals surface area contributed by atoms with Crippen LogP contribution in [-0.4, -0.2) is 51.3 Å². The van der Waals surface area contributed by atoms with Crippen molar-refractivity contribution in [3.8, 4) is 5.75 Å². The molecule has 2 atom stereocenters. The van der Waals surface area contributed by atoms with E-state index in [0.717, 1.165) is 11.3 Å². The number of nitrogens with one attached hydrogen (secondary N) is 1. The van der Waals surface area contributed by atoms with Gasteiger partial charge in [0.15, 0.2) is 0 Å². The number of ether oxygens (including phenoxy) is 2. The lowest BCUT2D eigenvalue weighted by Gasteiger charge is -2.26. The summed E-state index contributed by atoms with van der Waals surface area (Å²) in [5.41, 5.74) is 1.14. The van der Waals surface area contributed by atoms with Crippen LogP contribution >= 0.6 is 0 Å². The van der Waals surface area contributed by atoms with E-state index in [1.165, 1.54) is 12.8 Å². The first-order valence-electron chi connectivity index (χ1n) is 8.21. The van der Waals surface area contributed by atoms with Crippen LogP contribution in [0.5, 0.6) is 5.75 Å². The minimum atomic E-state index is -0.394. The molecule has 0 aromatic heterocycles. The van der Waals surface area contributed by atoms with Crippen molar-refractivity contribution >= 4 is 5.91 Å². The average molecular weight is 320 g/mol. The average Bonchev–Trinajstić information content (AvgIpc) is 3.37. The molecule has 1 aliphatic carbocycles. The molecule has 5 nitrogen and oxygen atoms in total. The van der Waals surface area contributed by atoms with Crippen molar-refractivity contribution in [2.75, 3.05) is 34.4 Å². The van der Waals surface area contributed by atoms with E-state index in [1.807, 2.05) is 45.3 Å². The molecule has 0 radical (unpaired) electrons. The molecule has 2 unspecified atom stereocenters. The van der Waals surface area contributed by atoms with Gasteiger partial charge in [0.2, 0.25) is 5.91 Å². The number of methoxy groups -OCH3 is 1. The summed E-state index contributed by atoms with van der Waals surface area (Å²) in [6.07, 6.45) is 2.07. The molecule has 1 aliphatic rings. The van der Waals surface area contributed by atoms with Crippen LogP contribution in [0.15, 0.2) is 24.3 Å². The highest BCUT2D eigenvalue weighted by Crippen LogP contribution is 2.29. The van der Waals surface area contributed by atoms with Crippen LogP contribution in [0.3, 0.4) is 0 Å². The van der Waals surface area contributed by atoms with Crippen LogP contribution in [0.25, 0.3) is 0 Å². The molecule has 23 heavy (non-hydrogen) atoms. The SMILES string of the molecule is COc1ccc(C(CNC(=O)C(C)OCC2CC2)N(C)C)cc1. The van der Waals surface area contributed by atoms with E-state index in [4.69, 9.17) is 9.47 Å². The molecule has 0 saturated heterocycles. The standard InChI is InChI=1S/C18H28N2O3/c1-13(23-12-14-5-6-14)18(21)19-11-17(20(2)3)15-7-9-16(22-4)10-8-15/h7-10,13-14,17H,5-6,11-12H2,1-4H3,(H,19,21). The summed E-state index contributed by atoms with van der Waals surface area (Å²) in [5.74, 6) is 1.45. The van der Waals surface area contributed by atoms with Gasteiger partial charge >= 0.3 is 0 Å². The van der Waals surface area contributed by atoms with E-state index in [0.29, 0.717) is 19.1 Å². The van der Waals surface area contributed by atoms with Crippen molar-refractivity contribution in [1.82, 2.24) is 10.2 Å². The van der Waals surface area contributed by atoms with E-state index < -0.39 is 6.10 Å². The van der Waals surface area contributed by atoms with Crippen LogP contribution in [0.4, 0.5) is 0 Å². The highest BCUT2D eigenvalue weighted by atomic mass is 16.5. The predicted octanol–water partition coefficient (Wildman–Crippen LogP) is 2.23.